The maximum Gasteiger partial charge on any atom is 0.118 e. The number of fused-ring (bicyclic) bond motifs is 1. The molecule has 0 spiro atoms. The highest BCUT2D eigenvalue weighted by Crippen LogP contribution is 2.64. The lowest BCUT2D eigenvalue weighted by atomic mass is 10.0. The Hall–Kier alpha value is -1.02. The quantitative estimate of drug-likeness (QED) is 0.827. The Labute approximate surface area is 96.2 Å². The topological polar surface area (TPSA) is 29.5 Å². The molecule has 86 valence electrons. The lowest BCUT2D eigenvalue weighted by Crippen LogP contribution is -2.09. The molecule has 3 rings (SSSR count). The van der Waals surface area contributed by atoms with Crippen LogP contribution in [0.3, 0.4) is 0 Å². The van der Waals surface area contributed by atoms with Crippen LogP contribution < -0.4 is 4.74 Å². The third-order valence-corrected chi connectivity index (χ3v) is 4.34. The van der Waals surface area contributed by atoms with Crippen LogP contribution in [-0.4, -0.2) is 12.2 Å². The minimum absolute atomic E-state index is 0.509. The summed E-state index contributed by atoms with van der Waals surface area (Å²) in [4.78, 5) is 0. The van der Waals surface area contributed by atoms with Crippen molar-refractivity contribution < 1.29 is 9.84 Å². The van der Waals surface area contributed by atoms with Gasteiger partial charge in [-0.15, -0.1) is 0 Å². The minimum Gasteiger partial charge on any atom is -0.497 e. The molecule has 0 saturated heterocycles. The van der Waals surface area contributed by atoms with Crippen molar-refractivity contribution in [3.8, 4) is 5.75 Å². The Morgan fingerprint density at radius 3 is 2.19 bits per heavy atom. The summed E-state index contributed by atoms with van der Waals surface area (Å²) in [5.41, 5.74) is 0.549. The van der Waals surface area contributed by atoms with Gasteiger partial charge in [-0.25, -0.2) is 0 Å². The number of hydrogen-bond donors (Lipinski definition) is 1. The van der Waals surface area contributed by atoms with E-state index in [1.807, 2.05) is 24.3 Å². The van der Waals surface area contributed by atoms with Gasteiger partial charge < -0.3 is 9.84 Å². The summed E-state index contributed by atoms with van der Waals surface area (Å²) < 4.78 is 5.14. The summed E-state index contributed by atoms with van der Waals surface area (Å²) in [7, 11) is 1.67. The molecule has 2 saturated carbocycles. The molecular formula is C14H18O2. The zero-order valence-electron chi connectivity index (χ0n) is 9.65. The van der Waals surface area contributed by atoms with Crippen LogP contribution in [0.4, 0.5) is 0 Å². The fourth-order valence-corrected chi connectivity index (χ4v) is 3.38. The van der Waals surface area contributed by atoms with Crippen LogP contribution in [-0.2, 0) is 5.60 Å². The van der Waals surface area contributed by atoms with Crippen LogP contribution in [0.5, 0.6) is 5.75 Å². The van der Waals surface area contributed by atoms with E-state index in [1.165, 1.54) is 25.7 Å². The summed E-state index contributed by atoms with van der Waals surface area (Å²) in [6, 6.07) is 7.91. The highest BCUT2D eigenvalue weighted by molar-refractivity contribution is 5.37. The van der Waals surface area contributed by atoms with Crippen LogP contribution in [0.1, 0.15) is 31.2 Å². The van der Waals surface area contributed by atoms with Gasteiger partial charge in [0.05, 0.1) is 12.7 Å². The zero-order chi connectivity index (χ0) is 11.2. The van der Waals surface area contributed by atoms with Crippen molar-refractivity contribution in [1.29, 1.82) is 0 Å². The first-order chi connectivity index (χ1) is 7.76. The van der Waals surface area contributed by atoms with Gasteiger partial charge in [-0.1, -0.05) is 25.0 Å². The number of benzene rings is 1. The first kappa shape index (κ1) is 10.2. The smallest absolute Gasteiger partial charge is 0.118 e. The molecular weight excluding hydrogens is 200 g/mol. The highest BCUT2D eigenvalue weighted by Gasteiger charge is 2.64. The Morgan fingerprint density at radius 1 is 1.12 bits per heavy atom. The molecule has 2 heteroatoms. The Kier molecular flexibility index (Phi) is 2.21. The second-order valence-corrected chi connectivity index (χ2v) is 5.05. The summed E-state index contributed by atoms with van der Waals surface area (Å²) in [5, 5.41) is 10.7. The van der Waals surface area contributed by atoms with E-state index >= 15 is 0 Å². The molecule has 16 heavy (non-hydrogen) atoms. The molecule has 0 radical (unpaired) electrons. The standard InChI is InChI=1S/C14H18O2/c1-16-11-8-6-10(7-9-11)14(15)12-4-2-3-5-13(12)14/h6-9,12-13,15H,2-5H2,1H3. The first-order valence-corrected chi connectivity index (χ1v) is 6.13. The molecule has 0 aliphatic heterocycles. The Balaban J connectivity index is 1.86. The Morgan fingerprint density at radius 2 is 1.69 bits per heavy atom. The molecule has 2 fully saturated rings. The average Bonchev–Trinajstić information content (AvgIpc) is 2.98. The predicted molar refractivity (Wildman–Crippen MR) is 62.3 cm³/mol. The molecule has 2 nitrogen and oxygen atoms in total. The molecule has 0 bridgehead atoms. The monoisotopic (exact) mass is 218 g/mol. The van der Waals surface area contributed by atoms with Gasteiger partial charge in [0, 0.05) is 0 Å². The van der Waals surface area contributed by atoms with E-state index in [0.29, 0.717) is 11.8 Å². The van der Waals surface area contributed by atoms with E-state index in [4.69, 9.17) is 4.74 Å². The van der Waals surface area contributed by atoms with Crippen molar-refractivity contribution in [3.63, 3.8) is 0 Å². The number of rotatable bonds is 2. The van der Waals surface area contributed by atoms with Crippen LogP contribution in [0.15, 0.2) is 24.3 Å². The summed E-state index contributed by atoms with van der Waals surface area (Å²) in [6.07, 6.45) is 4.93. The van der Waals surface area contributed by atoms with Crippen molar-refractivity contribution in [1.82, 2.24) is 0 Å². The van der Waals surface area contributed by atoms with E-state index in [1.54, 1.807) is 7.11 Å². The SMILES string of the molecule is COc1ccc(C2(O)C3CCCCC32)cc1. The van der Waals surface area contributed by atoms with Crippen molar-refractivity contribution in [2.75, 3.05) is 7.11 Å². The van der Waals surface area contributed by atoms with E-state index in [-0.39, 0.29) is 0 Å². The molecule has 2 aliphatic carbocycles. The molecule has 2 aliphatic rings. The molecule has 2 atom stereocenters. The van der Waals surface area contributed by atoms with Gasteiger partial charge >= 0.3 is 0 Å². The predicted octanol–water partition coefficient (Wildman–Crippen LogP) is 2.70. The van der Waals surface area contributed by atoms with Crippen molar-refractivity contribution in [3.05, 3.63) is 29.8 Å². The van der Waals surface area contributed by atoms with Gasteiger partial charge in [0.1, 0.15) is 5.75 Å². The van der Waals surface area contributed by atoms with Gasteiger partial charge in [-0.2, -0.15) is 0 Å². The first-order valence-electron chi connectivity index (χ1n) is 6.13. The molecule has 2 unspecified atom stereocenters. The Bertz CT molecular complexity index is 370. The van der Waals surface area contributed by atoms with E-state index in [9.17, 15) is 5.11 Å². The lowest BCUT2D eigenvalue weighted by molar-refractivity contribution is 0.118. The van der Waals surface area contributed by atoms with Crippen molar-refractivity contribution >= 4 is 0 Å². The molecule has 1 aromatic carbocycles. The molecule has 1 N–H and O–H groups in total. The van der Waals surface area contributed by atoms with Gasteiger partial charge in [0.15, 0.2) is 0 Å². The summed E-state index contributed by atoms with van der Waals surface area (Å²) in [5.74, 6) is 1.88. The number of ether oxygens (including phenoxy) is 1. The molecule has 0 amide bonds. The molecule has 0 aromatic heterocycles. The van der Waals surface area contributed by atoms with Crippen molar-refractivity contribution in [2.24, 2.45) is 11.8 Å². The number of aliphatic hydroxyl groups is 1. The fraction of sp³-hybridized carbons (Fsp3) is 0.571. The van der Waals surface area contributed by atoms with Crippen LogP contribution >= 0.6 is 0 Å². The van der Waals surface area contributed by atoms with Gasteiger partial charge in [-0.3, -0.25) is 0 Å². The minimum atomic E-state index is -0.525. The highest BCUT2D eigenvalue weighted by atomic mass is 16.5. The van der Waals surface area contributed by atoms with Crippen LogP contribution in [0.25, 0.3) is 0 Å². The second kappa shape index (κ2) is 3.49. The normalized spacial score (nSPS) is 36.6. The zero-order valence-corrected chi connectivity index (χ0v) is 9.65. The average molecular weight is 218 g/mol. The third kappa shape index (κ3) is 1.29. The van der Waals surface area contributed by atoms with E-state index in [0.717, 1.165) is 11.3 Å². The fourth-order valence-electron chi connectivity index (χ4n) is 3.38. The van der Waals surface area contributed by atoms with Gasteiger partial charge in [-0.05, 0) is 42.4 Å². The van der Waals surface area contributed by atoms with Gasteiger partial charge in [0.2, 0.25) is 0 Å². The summed E-state index contributed by atoms with van der Waals surface area (Å²) >= 11 is 0. The van der Waals surface area contributed by atoms with Crippen LogP contribution in [0.2, 0.25) is 0 Å². The number of methoxy groups -OCH3 is 1. The van der Waals surface area contributed by atoms with Crippen LogP contribution in [0, 0.1) is 11.8 Å². The van der Waals surface area contributed by atoms with E-state index < -0.39 is 5.60 Å². The molecule has 0 heterocycles. The van der Waals surface area contributed by atoms with E-state index in [2.05, 4.69) is 0 Å². The van der Waals surface area contributed by atoms with Crippen molar-refractivity contribution in [2.45, 2.75) is 31.3 Å². The lowest BCUT2D eigenvalue weighted by Gasteiger charge is -2.11. The molecule has 1 aromatic rings. The van der Waals surface area contributed by atoms with Gasteiger partial charge in [0.25, 0.3) is 0 Å². The second-order valence-electron chi connectivity index (χ2n) is 5.05. The summed E-state index contributed by atoms with van der Waals surface area (Å²) in [6.45, 7) is 0. The maximum atomic E-state index is 10.7. The maximum absolute atomic E-state index is 10.7. The largest absolute Gasteiger partial charge is 0.497 e. The number of hydrogen-bond acceptors (Lipinski definition) is 2. The third-order valence-electron chi connectivity index (χ3n) is 4.34.